The van der Waals surface area contributed by atoms with Crippen LogP contribution in [0.5, 0.6) is 0 Å². The highest BCUT2D eigenvalue weighted by Gasteiger charge is 2.19. The minimum atomic E-state index is -0.774. The van der Waals surface area contributed by atoms with Crippen LogP contribution in [0, 0.1) is 20.2 Å². The first-order chi connectivity index (χ1) is 10.4. The molecule has 114 valence electrons. The lowest BCUT2D eigenvalue weighted by Gasteiger charge is -2.12. The summed E-state index contributed by atoms with van der Waals surface area (Å²) in [4.78, 5) is 32.0. The number of hydrogen-bond acceptors (Lipinski definition) is 6. The van der Waals surface area contributed by atoms with Crippen LogP contribution in [0.25, 0.3) is 0 Å². The molecule has 0 bridgehead atoms. The number of nitro groups is 2. The zero-order valence-electron chi connectivity index (χ0n) is 11.4. The summed E-state index contributed by atoms with van der Waals surface area (Å²) in [6.07, 6.45) is 2.20. The Morgan fingerprint density at radius 3 is 2.27 bits per heavy atom. The number of nitrogens with zero attached hydrogens (tertiary/aromatic N) is 4. The fourth-order valence-electron chi connectivity index (χ4n) is 1.67. The predicted molar refractivity (Wildman–Crippen MR) is 75.3 cm³/mol. The van der Waals surface area contributed by atoms with Gasteiger partial charge in [-0.2, -0.15) is 5.10 Å². The van der Waals surface area contributed by atoms with Gasteiger partial charge < -0.3 is 5.32 Å². The molecule has 2 aromatic rings. The van der Waals surface area contributed by atoms with Crippen LogP contribution in [0.4, 0.5) is 17.1 Å². The molecule has 1 unspecified atom stereocenters. The molecule has 0 aliphatic rings. The summed E-state index contributed by atoms with van der Waals surface area (Å²) in [5.74, 6) is -0.452. The number of rotatable bonds is 5. The topological polar surface area (TPSA) is 133 Å². The van der Waals surface area contributed by atoms with Crippen LogP contribution in [-0.2, 0) is 4.79 Å². The Balaban J connectivity index is 2.07. The smallest absolute Gasteiger partial charge is 0.307 e. The number of nitrogens with one attached hydrogen (secondary N) is 1. The van der Waals surface area contributed by atoms with E-state index in [1.807, 2.05) is 0 Å². The van der Waals surface area contributed by atoms with Crippen LogP contribution in [0.3, 0.4) is 0 Å². The van der Waals surface area contributed by atoms with E-state index in [-0.39, 0.29) is 11.4 Å². The Kier molecular flexibility index (Phi) is 4.11. The molecule has 2 rings (SSSR count). The highest BCUT2D eigenvalue weighted by atomic mass is 16.6. The van der Waals surface area contributed by atoms with E-state index in [1.54, 1.807) is 0 Å². The Morgan fingerprint density at radius 2 is 1.77 bits per heavy atom. The van der Waals surface area contributed by atoms with Gasteiger partial charge in [-0.05, 0) is 19.1 Å². The van der Waals surface area contributed by atoms with Crippen molar-refractivity contribution in [1.29, 1.82) is 0 Å². The van der Waals surface area contributed by atoms with E-state index in [0.717, 1.165) is 12.4 Å². The lowest BCUT2D eigenvalue weighted by molar-refractivity contribution is -0.385. The average molecular weight is 305 g/mol. The second-order valence-corrected chi connectivity index (χ2v) is 4.40. The summed E-state index contributed by atoms with van der Waals surface area (Å²) in [5, 5.41) is 27.4. The van der Waals surface area contributed by atoms with Gasteiger partial charge in [0.2, 0.25) is 5.91 Å². The van der Waals surface area contributed by atoms with Crippen LogP contribution in [0.2, 0.25) is 0 Å². The Bertz CT molecular complexity index is 724. The van der Waals surface area contributed by atoms with E-state index in [4.69, 9.17) is 0 Å². The number of anilines is 1. The lowest BCUT2D eigenvalue weighted by Crippen LogP contribution is -2.23. The number of benzene rings is 1. The van der Waals surface area contributed by atoms with Crippen molar-refractivity contribution >= 4 is 23.0 Å². The molecule has 1 amide bonds. The molecule has 0 spiro atoms. The summed E-state index contributed by atoms with van der Waals surface area (Å²) in [5.41, 5.74) is 0.0767. The van der Waals surface area contributed by atoms with Gasteiger partial charge in [-0.1, -0.05) is 0 Å². The molecule has 0 saturated heterocycles. The molecule has 10 heteroatoms. The fraction of sp³-hybridized carbons (Fsp3) is 0.167. The van der Waals surface area contributed by atoms with E-state index in [1.165, 1.54) is 35.9 Å². The minimum Gasteiger partial charge on any atom is -0.324 e. The zero-order valence-corrected chi connectivity index (χ0v) is 11.4. The SMILES string of the molecule is CC(C(=O)Nc1ccc([N+](=O)[O-])cc1)n1cc([N+](=O)[O-])cn1. The van der Waals surface area contributed by atoms with Crippen LogP contribution in [-0.4, -0.2) is 25.5 Å². The second kappa shape index (κ2) is 5.99. The van der Waals surface area contributed by atoms with Gasteiger partial charge in [-0.3, -0.25) is 29.7 Å². The molecule has 1 aromatic heterocycles. The maximum absolute atomic E-state index is 12.0. The third kappa shape index (κ3) is 3.23. The largest absolute Gasteiger partial charge is 0.324 e. The maximum Gasteiger partial charge on any atom is 0.307 e. The van der Waals surface area contributed by atoms with Gasteiger partial charge in [0.25, 0.3) is 5.69 Å². The summed E-state index contributed by atoms with van der Waals surface area (Å²) < 4.78 is 1.17. The van der Waals surface area contributed by atoms with E-state index in [0.29, 0.717) is 5.69 Å². The highest BCUT2D eigenvalue weighted by Crippen LogP contribution is 2.18. The minimum absolute atomic E-state index is 0.0891. The molecular formula is C12H11N5O5. The van der Waals surface area contributed by atoms with E-state index < -0.39 is 21.8 Å². The molecule has 1 heterocycles. The van der Waals surface area contributed by atoms with Gasteiger partial charge in [0.1, 0.15) is 18.4 Å². The molecule has 0 aliphatic carbocycles. The number of non-ortho nitro benzene ring substituents is 1. The van der Waals surface area contributed by atoms with Gasteiger partial charge >= 0.3 is 5.69 Å². The average Bonchev–Trinajstić information content (AvgIpc) is 2.97. The normalized spacial score (nSPS) is 11.7. The lowest BCUT2D eigenvalue weighted by atomic mass is 10.2. The van der Waals surface area contributed by atoms with Crippen molar-refractivity contribution in [3.63, 3.8) is 0 Å². The number of aromatic nitrogens is 2. The fourth-order valence-corrected chi connectivity index (χ4v) is 1.67. The Morgan fingerprint density at radius 1 is 1.18 bits per heavy atom. The van der Waals surface area contributed by atoms with Gasteiger partial charge in [0.15, 0.2) is 0 Å². The number of carbonyl (C=O) groups is 1. The standard InChI is InChI=1S/C12H11N5O5/c1-8(15-7-11(6-13-15)17(21)22)12(18)14-9-2-4-10(5-3-9)16(19)20/h2-8H,1H3,(H,14,18). The first-order valence-corrected chi connectivity index (χ1v) is 6.12. The maximum atomic E-state index is 12.0. The Labute approximate surface area is 123 Å². The van der Waals surface area contributed by atoms with E-state index in [9.17, 15) is 25.0 Å². The summed E-state index contributed by atoms with van der Waals surface area (Å²) in [6.45, 7) is 1.53. The van der Waals surface area contributed by atoms with Crippen molar-refractivity contribution in [2.75, 3.05) is 5.32 Å². The molecule has 0 aliphatic heterocycles. The van der Waals surface area contributed by atoms with E-state index >= 15 is 0 Å². The van der Waals surface area contributed by atoms with Crippen LogP contribution in [0.1, 0.15) is 13.0 Å². The van der Waals surface area contributed by atoms with Crippen LogP contribution in [0.15, 0.2) is 36.7 Å². The molecule has 0 radical (unpaired) electrons. The van der Waals surface area contributed by atoms with Crippen LogP contribution >= 0.6 is 0 Å². The Hall–Kier alpha value is -3.30. The third-order valence-corrected chi connectivity index (χ3v) is 2.92. The molecule has 1 aromatic carbocycles. The predicted octanol–water partition coefficient (Wildman–Crippen LogP) is 1.90. The molecule has 1 N–H and O–H groups in total. The molecule has 10 nitrogen and oxygen atoms in total. The molecule has 0 saturated carbocycles. The molecule has 0 fully saturated rings. The monoisotopic (exact) mass is 305 g/mol. The highest BCUT2D eigenvalue weighted by molar-refractivity contribution is 5.93. The summed E-state index contributed by atoms with van der Waals surface area (Å²) in [6, 6.07) is 4.55. The zero-order chi connectivity index (χ0) is 16.3. The van der Waals surface area contributed by atoms with E-state index in [2.05, 4.69) is 10.4 Å². The quantitative estimate of drug-likeness (QED) is 0.662. The summed E-state index contributed by atoms with van der Waals surface area (Å²) in [7, 11) is 0. The van der Waals surface area contributed by atoms with Gasteiger partial charge in [0, 0.05) is 17.8 Å². The van der Waals surface area contributed by atoms with Crippen molar-refractivity contribution in [3.8, 4) is 0 Å². The first-order valence-electron chi connectivity index (χ1n) is 6.12. The van der Waals surface area contributed by atoms with Crippen molar-refractivity contribution < 1.29 is 14.6 Å². The third-order valence-electron chi connectivity index (χ3n) is 2.92. The molecule has 22 heavy (non-hydrogen) atoms. The van der Waals surface area contributed by atoms with Gasteiger partial charge in [-0.25, -0.2) is 0 Å². The summed E-state index contributed by atoms with van der Waals surface area (Å²) >= 11 is 0. The number of nitro benzene ring substituents is 1. The second-order valence-electron chi connectivity index (χ2n) is 4.40. The molecule has 1 atom stereocenters. The first kappa shape index (κ1) is 15.1. The number of carbonyl (C=O) groups excluding carboxylic acids is 1. The molecular weight excluding hydrogens is 294 g/mol. The number of amides is 1. The van der Waals surface area contributed by atoms with Crippen LogP contribution < -0.4 is 5.32 Å². The number of hydrogen-bond donors (Lipinski definition) is 1. The van der Waals surface area contributed by atoms with Gasteiger partial charge in [-0.15, -0.1) is 0 Å². The van der Waals surface area contributed by atoms with Crippen molar-refractivity contribution in [2.24, 2.45) is 0 Å². The van der Waals surface area contributed by atoms with Crippen molar-refractivity contribution in [3.05, 3.63) is 56.9 Å². The van der Waals surface area contributed by atoms with Crippen molar-refractivity contribution in [2.45, 2.75) is 13.0 Å². The van der Waals surface area contributed by atoms with Gasteiger partial charge in [0.05, 0.1) is 9.85 Å². The van der Waals surface area contributed by atoms with Crippen molar-refractivity contribution in [1.82, 2.24) is 9.78 Å².